The van der Waals surface area contributed by atoms with Gasteiger partial charge in [-0.15, -0.1) is 0 Å². The van der Waals surface area contributed by atoms with Crippen molar-refractivity contribution < 1.29 is 29.3 Å². The number of aliphatic hydroxyl groups is 2. The summed E-state index contributed by atoms with van der Waals surface area (Å²) >= 11 is 0. The predicted octanol–water partition coefficient (Wildman–Crippen LogP) is 2.06. The van der Waals surface area contributed by atoms with E-state index in [1.165, 1.54) is 0 Å². The third-order valence-corrected chi connectivity index (χ3v) is 5.27. The van der Waals surface area contributed by atoms with Crippen LogP contribution in [0, 0.1) is 11.8 Å². The summed E-state index contributed by atoms with van der Waals surface area (Å²) in [7, 11) is 0. The monoisotopic (exact) mass is 364 g/mol. The van der Waals surface area contributed by atoms with Gasteiger partial charge in [-0.1, -0.05) is 19.1 Å². The number of carbonyl (C=O) groups is 2. The molecule has 0 bridgehead atoms. The van der Waals surface area contributed by atoms with Crippen molar-refractivity contribution in [2.45, 2.75) is 58.8 Å². The van der Waals surface area contributed by atoms with Crippen molar-refractivity contribution >= 4 is 11.9 Å². The van der Waals surface area contributed by atoms with E-state index in [1.807, 2.05) is 0 Å². The highest BCUT2D eigenvalue weighted by atomic mass is 16.6. The van der Waals surface area contributed by atoms with Gasteiger partial charge in [0.05, 0.1) is 24.5 Å². The molecule has 0 aromatic heterocycles. The first-order valence-corrected chi connectivity index (χ1v) is 8.98. The second kappa shape index (κ2) is 8.64. The summed E-state index contributed by atoms with van der Waals surface area (Å²) in [5.74, 6) is -1.63. The molecule has 1 aliphatic carbocycles. The number of carbonyl (C=O) groups excluding carboxylic acids is 2. The standard InChI is InChI=1S/C20H28O6/c1-5-11(2)19(23)25-17-9-14(10-21)6-7-15(22)12(3)8-16-18(17)13(4)20(24)26-16/h5-6,8,13,15-18,21-22H,7,9-10H2,1-4H3/t13-,15-,16-,17-,18+/m1/s1. The summed E-state index contributed by atoms with van der Waals surface area (Å²) in [6.45, 7) is 6.75. The van der Waals surface area contributed by atoms with Gasteiger partial charge in [0.1, 0.15) is 12.2 Å². The maximum Gasteiger partial charge on any atom is 0.333 e. The van der Waals surface area contributed by atoms with Crippen molar-refractivity contribution in [1.29, 1.82) is 0 Å². The van der Waals surface area contributed by atoms with Crippen LogP contribution >= 0.6 is 0 Å². The van der Waals surface area contributed by atoms with Gasteiger partial charge in [0.15, 0.2) is 0 Å². The number of hydrogen-bond acceptors (Lipinski definition) is 6. The Morgan fingerprint density at radius 1 is 1.46 bits per heavy atom. The summed E-state index contributed by atoms with van der Waals surface area (Å²) in [6.07, 6.45) is 3.93. The molecular weight excluding hydrogens is 336 g/mol. The van der Waals surface area contributed by atoms with Gasteiger partial charge in [-0.25, -0.2) is 4.79 Å². The number of esters is 2. The molecule has 0 amide bonds. The third kappa shape index (κ3) is 4.43. The highest BCUT2D eigenvalue weighted by Gasteiger charge is 2.47. The highest BCUT2D eigenvalue weighted by Crippen LogP contribution is 2.37. The molecule has 2 N–H and O–H groups in total. The molecule has 0 aromatic carbocycles. The van der Waals surface area contributed by atoms with Gasteiger partial charge in [0.25, 0.3) is 0 Å². The number of aliphatic hydroxyl groups excluding tert-OH is 2. The first-order valence-electron chi connectivity index (χ1n) is 8.98. The SMILES string of the molecule is CC=C(C)C(=O)O[C@@H]1CC(CO)=CC[C@@H](O)C(C)=C[C@H]2OC(=O)[C@H](C)[C@@H]21. The third-order valence-electron chi connectivity index (χ3n) is 5.27. The summed E-state index contributed by atoms with van der Waals surface area (Å²) in [6, 6.07) is 0. The van der Waals surface area contributed by atoms with E-state index in [1.54, 1.807) is 45.9 Å². The molecule has 6 heteroatoms. The molecule has 6 nitrogen and oxygen atoms in total. The number of hydrogen-bond donors (Lipinski definition) is 2. The lowest BCUT2D eigenvalue weighted by molar-refractivity contribution is -0.148. The Hall–Kier alpha value is -1.92. The Bertz CT molecular complexity index is 645. The molecule has 1 heterocycles. The van der Waals surface area contributed by atoms with Gasteiger partial charge in [-0.2, -0.15) is 0 Å². The molecule has 1 aliphatic heterocycles. The summed E-state index contributed by atoms with van der Waals surface area (Å²) < 4.78 is 11.2. The fourth-order valence-corrected chi connectivity index (χ4v) is 3.35. The average molecular weight is 364 g/mol. The van der Waals surface area contributed by atoms with Crippen LogP contribution in [-0.2, 0) is 19.1 Å². The molecular formula is C20H28O6. The normalized spacial score (nSPS) is 32.9. The summed E-state index contributed by atoms with van der Waals surface area (Å²) in [5, 5.41) is 19.9. The van der Waals surface area contributed by atoms with Crippen LogP contribution in [0.5, 0.6) is 0 Å². The molecule has 1 saturated heterocycles. The number of fused-ring (bicyclic) bond motifs is 1. The zero-order chi connectivity index (χ0) is 19.4. The first-order chi connectivity index (χ1) is 12.3. The molecule has 0 spiro atoms. The first kappa shape index (κ1) is 20.4. The predicted molar refractivity (Wildman–Crippen MR) is 96.0 cm³/mol. The van der Waals surface area contributed by atoms with Crippen LogP contribution in [0.1, 0.15) is 40.5 Å². The van der Waals surface area contributed by atoms with E-state index in [9.17, 15) is 19.8 Å². The molecule has 5 atom stereocenters. The lowest BCUT2D eigenvalue weighted by atomic mass is 9.82. The molecule has 0 radical (unpaired) electrons. The Labute approximate surface area is 154 Å². The molecule has 0 saturated carbocycles. The van der Waals surface area contributed by atoms with Gasteiger partial charge >= 0.3 is 11.9 Å². The van der Waals surface area contributed by atoms with E-state index in [0.717, 1.165) is 0 Å². The maximum atomic E-state index is 12.3. The average Bonchev–Trinajstić information content (AvgIpc) is 2.89. The molecule has 26 heavy (non-hydrogen) atoms. The molecule has 144 valence electrons. The van der Waals surface area contributed by atoms with Gasteiger partial charge < -0.3 is 19.7 Å². The van der Waals surface area contributed by atoms with Crippen molar-refractivity contribution in [2.24, 2.45) is 11.8 Å². The van der Waals surface area contributed by atoms with Crippen molar-refractivity contribution in [3.8, 4) is 0 Å². The van der Waals surface area contributed by atoms with Crippen LogP contribution in [0.3, 0.4) is 0 Å². The molecule has 2 aliphatic rings. The number of allylic oxidation sites excluding steroid dienone is 1. The van der Waals surface area contributed by atoms with Gasteiger partial charge in [-0.3, -0.25) is 4.79 Å². The quantitative estimate of drug-likeness (QED) is 0.452. The Balaban J connectivity index is 2.43. The lowest BCUT2D eigenvalue weighted by Gasteiger charge is -2.29. The van der Waals surface area contributed by atoms with E-state index < -0.39 is 30.2 Å². The van der Waals surface area contributed by atoms with E-state index in [0.29, 0.717) is 29.6 Å². The number of rotatable bonds is 3. The van der Waals surface area contributed by atoms with Crippen LogP contribution in [-0.4, -0.2) is 47.1 Å². The summed E-state index contributed by atoms with van der Waals surface area (Å²) in [4.78, 5) is 24.5. The Morgan fingerprint density at radius 2 is 2.15 bits per heavy atom. The highest BCUT2D eigenvalue weighted by molar-refractivity contribution is 5.87. The van der Waals surface area contributed by atoms with Crippen LogP contribution in [0.2, 0.25) is 0 Å². The second-order valence-corrected chi connectivity index (χ2v) is 7.07. The van der Waals surface area contributed by atoms with Crippen LogP contribution in [0.15, 0.2) is 34.9 Å². The zero-order valence-corrected chi connectivity index (χ0v) is 15.8. The van der Waals surface area contributed by atoms with Crippen LogP contribution in [0.4, 0.5) is 0 Å². The zero-order valence-electron chi connectivity index (χ0n) is 15.8. The fraction of sp³-hybridized carbons (Fsp3) is 0.600. The fourth-order valence-electron chi connectivity index (χ4n) is 3.35. The molecule has 0 aromatic rings. The second-order valence-electron chi connectivity index (χ2n) is 7.07. The minimum absolute atomic E-state index is 0.202. The molecule has 1 fully saturated rings. The van der Waals surface area contributed by atoms with E-state index >= 15 is 0 Å². The molecule has 2 rings (SSSR count). The smallest absolute Gasteiger partial charge is 0.333 e. The minimum Gasteiger partial charge on any atom is -0.458 e. The van der Waals surface area contributed by atoms with Crippen molar-refractivity contribution in [3.63, 3.8) is 0 Å². The largest absolute Gasteiger partial charge is 0.458 e. The van der Waals surface area contributed by atoms with Gasteiger partial charge in [-0.05, 0) is 44.4 Å². The van der Waals surface area contributed by atoms with E-state index in [2.05, 4.69) is 0 Å². The van der Waals surface area contributed by atoms with Crippen molar-refractivity contribution in [2.75, 3.05) is 6.61 Å². The van der Waals surface area contributed by atoms with Crippen molar-refractivity contribution in [3.05, 3.63) is 34.9 Å². The minimum atomic E-state index is -0.712. The summed E-state index contributed by atoms with van der Waals surface area (Å²) in [5.41, 5.74) is 1.83. The Kier molecular flexibility index (Phi) is 6.78. The van der Waals surface area contributed by atoms with Gasteiger partial charge in [0, 0.05) is 12.0 Å². The Morgan fingerprint density at radius 3 is 2.77 bits per heavy atom. The van der Waals surface area contributed by atoms with Crippen LogP contribution < -0.4 is 0 Å². The van der Waals surface area contributed by atoms with E-state index in [4.69, 9.17) is 9.47 Å². The topological polar surface area (TPSA) is 93.1 Å². The maximum absolute atomic E-state index is 12.3. The van der Waals surface area contributed by atoms with Crippen LogP contribution in [0.25, 0.3) is 0 Å². The molecule has 0 unspecified atom stereocenters. The lowest BCUT2D eigenvalue weighted by Crippen LogP contribution is -2.36. The number of ether oxygens (including phenoxy) is 2. The van der Waals surface area contributed by atoms with Crippen molar-refractivity contribution in [1.82, 2.24) is 0 Å². The van der Waals surface area contributed by atoms with Gasteiger partial charge in [0.2, 0.25) is 0 Å². The van der Waals surface area contributed by atoms with E-state index in [-0.39, 0.29) is 18.5 Å².